The predicted octanol–water partition coefficient (Wildman–Crippen LogP) is 4.32. The first-order valence-electron chi connectivity index (χ1n) is 7.85. The molecule has 18 heavy (non-hydrogen) atoms. The fourth-order valence-electron chi connectivity index (χ4n) is 3.68. The van der Waals surface area contributed by atoms with E-state index in [2.05, 4.69) is 64.5 Å². The van der Waals surface area contributed by atoms with E-state index in [-0.39, 0.29) is 0 Å². The Labute approximate surface area is 117 Å². The molecule has 0 N–H and O–H groups in total. The predicted molar refractivity (Wildman–Crippen MR) is 86.4 cm³/mol. The Kier molecular flexibility index (Phi) is 7.72. The van der Waals surface area contributed by atoms with Gasteiger partial charge >= 0.3 is 0 Å². The minimum atomic E-state index is -1.59. The molecular weight excluding hydrogens is 236 g/mol. The lowest BCUT2D eigenvalue weighted by molar-refractivity contribution is 0.316. The average Bonchev–Trinajstić information content (AvgIpc) is 2.30. The zero-order valence-corrected chi connectivity index (χ0v) is 15.1. The van der Waals surface area contributed by atoms with Crippen molar-refractivity contribution in [1.29, 1.82) is 0 Å². The van der Waals surface area contributed by atoms with Gasteiger partial charge in [-0.25, -0.2) is 0 Å². The van der Waals surface area contributed by atoms with Crippen molar-refractivity contribution in [2.45, 2.75) is 72.9 Å². The summed E-state index contributed by atoms with van der Waals surface area (Å²) in [5.74, 6) is 0. The van der Waals surface area contributed by atoms with Gasteiger partial charge in [0, 0.05) is 0 Å². The zero-order chi connectivity index (χ0) is 14.4. The Morgan fingerprint density at radius 2 is 1.06 bits per heavy atom. The molecule has 0 radical (unpaired) electrons. The normalized spacial score (nSPS) is 13.7. The third-order valence-corrected chi connectivity index (χ3v) is 11.3. The zero-order valence-electron chi connectivity index (χ0n) is 14.1. The van der Waals surface area contributed by atoms with Crippen molar-refractivity contribution in [3.8, 4) is 0 Å². The highest BCUT2D eigenvalue weighted by molar-refractivity contribution is 6.77. The maximum Gasteiger partial charge on any atom is 0.212 e. The van der Waals surface area contributed by atoms with Gasteiger partial charge in [-0.3, -0.25) is 0 Å². The molecular formula is C15H36N2Si. The molecule has 0 fully saturated rings. The molecule has 0 aromatic carbocycles. The number of hydrogen-bond acceptors (Lipinski definition) is 2. The summed E-state index contributed by atoms with van der Waals surface area (Å²) >= 11 is 0. The van der Waals surface area contributed by atoms with Crippen LogP contribution < -0.4 is 0 Å². The smallest absolute Gasteiger partial charge is 0.212 e. The molecule has 0 bridgehead atoms. The van der Waals surface area contributed by atoms with E-state index in [1.807, 2.05) is 0 Å². The Balaban J connectivity index is 5.69. The van der Waals surface area contributed by atoms with Crippen molar-refractivity contribution < 1.29 is 0 Å². The summed E-state index contributed by atoms with van der Waals surface area (Å²) in [6.07, 6.45) is 1.30. The molecule has 0 amide bonds. The lowest BCUT2D eigenvalue weighted by Crippen LogP contribution is -2.70. The third kappa shape index (κ3) is 3.37. The number of hydrogen-bond donors (Lipinski definition) is 0. The van der Waals surface area contributed by atoms with Crippen LogP contribution in [-0.2, 0) is 0 Å². The van der Waals surface area contributed by atoms with Gasteiger partial charge in [0.05, 0.1) is 0 Å². The van der Waals surface area contributed by atoms with E-state index < -0.39 is 8.40 Å². The largest absolute Gasteiger partial charge is 0.312 e. The highest BCUT2D eigenvalue weighted by atomic mass is 28.4. The van der Waals surface area contributed by atoms with Crippen molar-refractivity contribution in [2.75, 3.05) is 26.2 Å². The van der Waals surface area contributed by atoms with Crippen LogP contribution >= 0.6 is 0 Å². The van der Waals surface area contributed by atoms with Crippen molar-refractivity contribution in [3.63, 3.8) is 0 Å². The summed E-state index contributed by atoms with van der Waals surface area (Å²) in [5.41, 5.74) is 0. The van der Waals surface area contributed by atoms with E-state index in [0.717, 1.165) is 0 Å². The van der Waals surface area contributed by atoms with Gasteiger partial charge in [0.1, 0.15) is 0 Å². The fourth-order valence-corrected chi connectivity index (χ4v) is 10.2. The Morgan fingerprint density at radius 3 is 1.22 bits per heavy atom. The Bertz CT molecular complexity index is 203. The highest BCUT2D eigenvalue weighted by Gasteiger charge is 2.51. The van der Waals surface area contributed by atoms with Gasteiger partial charge in [0.15, 0.2) is 0 Å². The first-order valence-corrected chi connectivity index (χ1v) is 9.95. The van der Waals surface area contributed by atoms with Gasteiger partial charge in [0.25, 0.3) is 0 Å². The van der Waals surface area contributed by atoms with Crippen LogP contribution in [0.15, 0.2) is 0 Å². The summed E-state index contributed by atoms with van der Waals surface area (Å²) in [6, 6.07) is 1.39. The molecule has 0 aromatic heterocycles. The van der Waals surface area contributed by atoms with E-state index in [0.29, 0.717) is 5.04 Å². The minimum absolute atomic E-state index is 0.404. The minimum Gasteiger partial charge on any atom is -0.312 e. The van der Waals surface area contributed by atoms with Gasteiger partial charge < -0.3 is 9.13 Å². The quantitative estimate of drug-likeness (QED) is 0.607. The third-order valence-electron chi connectivity index (χ3n) is 4.37. The van der Waals surface area contributed by atoms with Gasteiger partial charge in [-0.15, -0.1) is 0 Å². The van der Waals surface area contributed by atoms with Crippen molar-refractivity contribution in [3.05, 3.63) is 0 Å². The first kappa shape index (κ1) is 18.1. The van der Waals surface area contributed by atoms with Crippen molar-refractivity contribution in [2.24, 2.45) is 0 Å². The van der Waals surface area contributed by atoms with Gasteiger partial charge in [-0.2, -0.15) is 0 Å². The molecule has 0 saturated carbocycles. The summed E-state index contributed by atoms with van der Waals surface area (Å²) in [6.45, 7) is 23.8. The number of rotatable bonds is 8. The maximum atomic E-state index is 2.81. The molecule has 0 heterocycles. The molecule has 0 aliphatic rings. The fraction of sp³-hybridized carbons (Fsp3) is 1.00. The summed E-state index contributed by atoms with van der Waals surface area (Å²) in [4.78, 5) is 0. The van der Waals surface area contributed by atoms with Crippen LogP contribution in [0.3, 0.4) is 0 Å². The van der Waals surface area contributed by atoms with Gasteiger partial charge in [0.2, 0.25) is 8.40 Å². The van der Waals surface area contributed by atoms with Crippen molar-refractivity contribution >= 4 is 8.40 Å². The topological polar surface area (TPSA) is 6.48 Å². The van der Waals surface area contributed by atoms with E-state index in [1.165, 1.54) is 38.6 Å². The Hall–Kier alpha value is 0.137. The molecule has 0 aliphatic heterocycles. The molecule has 0 saturated heterocycles. The highest BCUT2D eigenvalue weighted by Crippen LogP contribution is 2.43. The molecule has 110 valence electrons. The Morgan fingerprint density at radius 1 is 0.722 bits per heavy atom. The van der Waals surface area contributed by atoms with E-state index in [9.17, 15) is 0 Å². The average molecular weight is 273 g/mol. The van der Waals surface area contributed by atoms with Crippen LogP contribution in [0.2, 0.25) is 11.1 Å². The standard InChI is InChI=1S/C15H36N2Si/c1-9-14-18(15(6,7)8,16(10-2)11-3)17(12-4)13-5/h9-14H2,1-8H3. The van der Waals surface area contributed by atoms with Gasteiger partial charge in [-0.05, 0) is 37.3 Å². The molecule has 2 nitrogen and oxygen atoms in total. The molecule has 0 unspecified atom stereocenters. The monoisotopic (exact) mass is 272 g/mol. The van der Waals surface area contributed by atoms with Gasteiger partial charge in [-0.1, -0.05) is 61.8 Å². The molecule has 0 aliphatic carbocycles. The first-order chi connectivity index (χ1) is 8.35. The van der Waals surface area contributed by atoms with Crippen molar-refractivity contribution in [1.82, 2.24) is 9.13 Å². The molecule has 0 aromatic rings. The van der Waals surface area contributed by atoms with Crippen LogP contribution in [0.25, 0.3) is 0 Å². The second-order valence-corrected chi connectivity index (χ2v) is 11.1. The lowest BCUT2D eigenvalue weighted by Gasteiger charge is -2.55. The lowest BCUT2D eigenvalue weighted by atomic mass is 10.2. The maximum absolute atomic E-state index is 2.81. The SMILES string of the molecule is CCC[Si](N(CC)CC)(N(CC)CC)C(C)(C)C. The summed E-state index contributed by atoms with van der Waals surface area (Å²) in [5, 5.41) is 0.404. The molecule has 0 atom stereocenters. The van der Waals surface area contributed by atoms with Crippen LogP contribution in [0.5, 0.6) is 0 Å². The van der Waals surface area contributed by atoms with Crippen LogP contribution in [-0.4, -0.2) is 43.7 Å². The van der Waals surface area contributed by atoms with Crippen LogP contribution in [0, 0.1) is 0 Å². The van der Waals surface area contributed by atoms with Crippen LogP contribution in [0.1, 0.15) is 61.8 Å². The molecule has 3 heteroatoms. The van der Waals surface area contributed by atoms with E-state index >= 15 is 0 Å². The second kappa shape index (κ2) is 7.66. The summed E-state index contributed by atoms with van der Waals surface area (Å²) < 4.78 is 5.62. The van der Waals surface area contributed by atoms with E-state index in [4.69, 9.17) is 0 Å². The second-order valence-electron chi connectivity index (χ2n) is 6.16. The van der Waals surface area contributed by atoms with E-state index in [1.54, 1.807) is 0 Å². The van der Waals surface area contributed by atoms with Crippen LogP contribution in [0.4, 0.5) is 0 Å². The molecule has 0 rings (SSSR count). The molecule has 0 spiro atoms. The number of nitrogens with zero attached hydrogens (tertiary/aromatic N) is 2. The summed E-state index contributed by atoms with van der Waals surface area (Å²) in [7, 11) is -1.59.